The lowest BCUT2D eigenvalue weighted by Crippen LogP contribution is -2.65. The second kappa shape index (κ2) is 6.73. The van der Waals surface area contributed by atoms with Gasteiger partial charge in [0.1, 0.15) is 5.54 Å². The second-order valence-corrected chi connectivity index (χ2v) is 8.27. The first-order valence-corrected chi connectivity index (χ1v) is 9.85. The highest BCUT2D eigenvalue weighted by molar-refractivity contribution is 5.88. The van der Waals surface area contributed by atoms with Gasteiger partial charge in [0.2, 0.25) is 5.91 Å². The molecule has 1 aliphatic heterocycles. The van der Waals surface area contributed by atoms with Gasteiger partial charge < -0.3 is 10.1 Å². The van der Waals surface area contributed by atoms with E-state index >= 15 is 0 Å². The minimum absolute atomic E-state index is 0.170. The molecule has 1 aromatic rings. The molecule has 1 saturated carbocycles. The lowest BCUT2D eigenvalue weighted by molar-refractivity contribution is -0.145. The summed E-state index contributed by atoms with van der Waals surface area (Å²) in [5, 5.41) is 3.40. The van der Waals surface area contributed by atoms with Crippen LogP contribution in [0.2, 0.25) is 0 Å². The van der Waals surface area contributed by atoms with E-state index in [0.29, 0.717) is 6.04 Å². The smallest absolute Gasteiger partial charge is 0.241 e. The van der Waals surface area contributed by atoms with E-state index in [-0.39, 0.29) is 18.1 Å². The molecule has 1 heterocycles. The largest absolute Gasteiger partial charge is 0.373 e. The molecular weight excluding hydrogens is 312 g/mol. The number of carbonyl (C=O) groups is 1. The molecule has 4 nitrogen and oxygen atoms in total. The number of hydrogen-bond donors (Lipinski definition) is 1. The van der Waals surface area contributed by atoms with Crippen LogP contribution < -0.4 is 5.32 Å². The number of nitrogens with one attached hydrogen (secondary N) is 1. The van der Waals surface area contributed by atoms with Gasteiger partial charge in [-0.25, -0.2) is 0 Å². The fraction of sp³-hybridized carbons (Fsp3) is 0.667. The highest BCUT2D eigenvalue weighted by atomic mass is 16.5. The van der Waals surface area contributed by atoms with Crippen molar-refractivity contribution in [2.45, 2.75) is 76.2 Å². The summed E-state index contributed by atoms with van der Waals surface area (Å²) in [7, 11) is 0. The fourth-order valence-electron chi connectivity index (χ4n) is 5.04. The maximum absolute atomic E-state index is 13.5. The van der Waals surface area contributed by atoms with Crippen LogP contribution in [0.15, 0.2) is 24.3 Å². The number of rotatable bonds is 3. The molecule has 1 amide bonds. The summed E-state index contributed by atoms with van der Waals surface area (Å²) in [6.07, 6.45) is 6.72. The Hall–Kier alpha value is -1.39. The number of hydrogen-bond acceptors (Lipinski definition) is 3. The Morgan fingerprint density at radius 2 is 1.64 bits per heavy atom. The van der Waals surface area contributed by atoms with Gasteiger partial charge >= 0.3 is 0 Å². The Labute approximate surface area is 150 Å². The van der Waals surface area contributed by atoms with Gasteiger partial charge in [-0.3, -0.25) is 9.69 Å². The number of ether oxygens (including phenoxy) is 1. The highest BCUT2D eigenvalue weighted by Gasteiger charge is 2.50. The molecule has 4 rings (SSSR count). The third kappa shape index (κ3) is 3.22. The lowest BCUT2D eigenvalue weighted by Gasteiger charge is -2.46. The quantitative estimate of drug-likeness (QED) is 0.918. The van der Waals surface area contributed by atoms with Crippen molar-refractivity contribution < 1.29 is 9.53 Å². The van der Waals surface area contributed by atoms with E-state index in [2.05, 4.69) is 48.3 Å². The zero-order chi connectivity index (χ0) is 17.4. The normalized spacial score (nSPS) is 29.5. The first kappa shape index (κ1) is 17.0. The van der Waals surface area contributed by atoms with E-state index in [1.165, 1.54) is 24.0 Å². The van der Waals surface area contributed by atoms with Crippen molar-refractivity contribution in [1.29, 1.82) is 0 Å². The molecule has 136 valence electrons. The Bertz CT molecular complexity index is 604. The number of benzene rings is 1. The predicted octanol–water partition coefficient (Wildman–Crippen LogP) is 2.69. The molecule has 4 heteroatoms. The van der Waals surface area contributed by atoms with Gasteiger partial charge in [-0.05, 0) is 37.8 Å². The van der Waals surface area contributed by atoms with Gasteiger partial charge in [-0.1, -0.05) is 37.1 Å². The highest BCUT2D eigenvalue weighted by Crippen LogP contribution is 2.37. The molecule has 25 heavy (non-hydrogen) atoms. The third-order valence-electron chi connectivity index (χ3n) is 6.22. The summed E-state index contributed by atoms with van der Waals surface area (Å²) >= 11 is 0. The summed E-state index contributed by atoms with van der Waals surface area (Å²) in [6.45, 7) is 5.90. The molecule has 1 aromatic carbocycles. The molecular formula is C21H30N2O2. The van der Waals surface area contributed by atoms with Crippen molar-refractivity contribution >= 4 is 5.91 Å². The van der Waals surface area contributed by atoms with E-state index in [4.69, 9.17) is 4.74 Å². The zero-order valence-electron chi connectivity index (χ0n) is 15.5. The number of morpholine rings is 1. The van der Waals surface area contributed by atoms with Crippen LogP contribution >= 0.6 is 0 Å². The molecule has 0 spiro atoms. The molecule has 3 aliphatic rings. The van der Waals surface area contributed by atoms with Crippen molar-refractivity contribution in [3.8, 4) is 0 Å². The van der Waals surface area contributed by atoms with Gasteiger partial charge in [0, 0.05) is 32.0 Å². The Morgan fingerprint density at radius 3 is 2.20 bits per heavy atom. The van der Waals surface area contributed by atoms with Crippen LogP contribution in [0.1, 0.15) is 50.7 Å². The maximum Gasteiger partial charge on any atom is 0.241 e. The van der Waals surface area contributed by atoms with Crippen LogP contribution in [0.25, 0.3) is 0 Å². The maximum atomic E-state index is 13.5. The van der Waals surface area contributed by atoms with Gasteiger partial charge in [0.25, 0.3) is 0 Å². The van der Waals surface area contributed by atoms with Crippen molar-refractivity contribution in [1.82, 2.24) is 10.2 Å². The van der Waals surface area contributed by atoms with Crippen LogP contribution in [-0.2, 0) is 22.4 Å². The van der Waals surface area contributed by atoms with Gasteiger partial charge in [-0.2, -0.15) is 0 Å². The summed E-state index contributed by atoms with van der Waals surface area (Å²) in [5.41, 5.74) is 2.21. The van der Waals surface area contributed by atoms with Crippen LogP contribution in [0.5, 0.6) is 0 Å². The van der Waals surface area contributed by atoms with Crippen molar-refractivity contribution in [3.63, 3.8) is 0 Å². The Morgan fingerprint density at radius 1 is 1.08 bits per heavy atom. The molecule has 0 radical (unpaired) electrons. The number of nitrogens with zero attached hydrogens (tertiary/aromatic N) is 1. The van der Waals surface area contributed by atoms with E-state index < -0.39 is 5.54 Å². The summed E-state index contributed by atoms with van der Waals surface area (Å²) in [6, 6.07) is 8.92. The second-order valence-electron chi connectivity index (χ2n) is 8.27. The van der Waals surface area contributed by atoms with Crippen molar-refractivity contribution in [3.05, 3.63) is 35.4 Å². The van der Waals surface area contributed by atoms with E-state index in [1.54, 1.807) is 0 Å². The Balaban J connectivity index is 1.63. The van der Waals surface area contributed by atoms with Gasteiger partial charge in [0.15, 0.2) is 0 Å². The molecule has 0 unspecified atom stereocenters. The number of carbonyl (C=O) groups excluding carboxylic acids is 1. The number of amides is 1. The van der Waals surface area contributed by atoms with Crippen LogP contribution in [0, 0.1) is 0 Å². The minimum atomic E-state index is -0.446. The van der Waals surface area contributed by atoms with Crippen LogP contribution in [0.3, 0.4) is 0 Å². The standard InChI is InChI=1S/C21H30N2O2/c1-15-13-23(14-16(2)25-15)21(20(24)22-19-9-5-6-10-19)11-17-7-3-4-8-18(17)12-21/h3-4,7-8,15-16,19H,5-6,9-14H2,1-2H3,(H,22,24)/t15-,16+. The zero-order valence-corrected chi connectivity index (χ0v) is 15.5. The summed E-state index contributed by atoms with van der Waals surface area (Å²) < 4.78 is 5.94. The Kier molecular flexibility index (Phi) is 4.59. The number of fused-ring (bicyclic) bond motifs is 1. The van der Waals surface area contributed by atoms with Gasteiger partial charge in [-0.15, -0.1) is 0 Å². The molecule has 1 N–H and O–H groups in total. The fourth-order valence-corrected chi connectivity index (χ4v) is 5.04. The molecule has 0 bridgehead atoms. The van der Waals surface area contributed by atoms with Crippen LogP contribution in [-0.4, -0.2) is 47.7 Å². The molecule has 0 aromatic heterocycles. The summed E-state index contributed by atoms with van der Waals surface area (Å²) in [5.74, 6) is 0.233. The monoisotopic (exact) mass is 342 g/mol. The van der Waals surface area contributed by atoms with E-state index in [1.807, 2.05) is 0 Å². The summed E-state index contributed by atoms with van der Waals surface area (Å²) in [4.78, 5) is 15.9. The van der Waals surface area contributed by atoms with E-state index in [0.717, 1.165) is 38.8 Å². The third-order valence-corrected chi connectivity index (χ3v) is 6.22. The average molecular weight is 342 g/mol. The SMILES string of the molecule is C[C@@H]1CN(C2(C(=O)NC3CCCC3)Cc3ccccc3C2)C[C@H](C)O1. The molecule has 2 atom stereocenters. The van der Waals surface area contributed by atoms with Crippen molar-refractivity contribution in [2.24, 2.45) is 0 Å². The van der Waals surface area contributed by atoms with Crippen LogP contribution in [0.4, 0.5) is 0 Å². The lowest BCUT2D eigenvalue weighted by atomic mass is 9.89. The minimum Gasteiger partial charge on any atom is -0.373 e. The van der Waals surface area contributed by atoms with Gasteiger partial charge in [0.05, 0.1) is 12.2 Å². The van der Waals surface area contributed by atoms with E-state index in [9.17, 15) is 4.79 Å². The predicted molar refractivity (Wildman–Crippen MR) is 98.6 cm³/mol. The first-order valence-electron chi connectivity index (χ1n) is 9.85. The average Bonchev–Trinajstić information content (AvgIpc) is 3.21. The molecule has 2 fully saturated rings. The first-order chi connectivity index (χ1) is 12.1. The molecule has 2 aliphatic carbocycles. The van der Waals surface area contributed by atoms with Crippen molar-refractivity contribution in [2.75, 3.05) is 13.1 Å². The topological polar surface area (TPSA) is 41.6 Å². The molecule has 1 saturated heterocycles.